The SMILES string of the molecule is CC1(C)CCC(NC(CN)c2ccc(F)c(Br)c2)C1. The van der Waals surface area contributed by atoms with Crippen LogP contribution in [0.3, 0.4) is 0 Å². The van der Waals surface area contributed by atoms with Gasteiger partial charge in [0, 0.05) is 18.6 Å². The zero-order chi connectivity index (χ0) is 14.0. The van der Waals surface area contributed by atoms with Gasteiger partial charge in [-0.1, -0.05) is 19.9 Å². The molecule has 2 nitrogen and oxygen atoms in total. The van der Waals surface area contributed by atoms with Gasteiger partial charge in [-0.15, -0.1) is 0 Å². The lowest BCUT2D eigenvalue weighted by Crippen LogP contribution is -2.35. The Morgan fingerprint density at radius 3 is 2.79 bits per heavy atom. The Morgan fingerprint density at radius 2 is 2.26 bits per heavy atom. The molecule has 0 aromatic heterocycles. The molecule has 0 radical (unpaired) electrons. The van der Waals surface area contributed by atoms with Crippen LogP contribution in [0.2, 0.25) is 0 Å². The molecule has 1 saturated carbocycles. The lowest BCUT2D eigenvalue weighted by molar-refractivity contribution is 0.353. The second kappa shape index (κ2) is 5.90. The van der Waals surface area contributed by atoms with Gasteiger partial charge in [0.05, 0.1) is 4.47 Å². The van der Waals surface area contributed by atoms with Crippen LogP contribution in [0.15, 0.2) is 22.7 Å². The van der Waals surface area contributed by atoms with Gasteiger partial charge >= 0.3 is 0 Å². The molecule has 2 atom stereocenters. The maximum absolute atomic E-state index is 13.3. The van der Waals surface area contributed by atoms with E-state index in [-0.39, 0.29) is 11.9 Å². The lowest BCUT2D eigenvalue weighted by atomic mass is 9.91. The third-order valence-corrected chi connectivity index (χ3v) is 4.59. The molecule has 1 aliphatic carbocycles. The van der Waals surface area contributed by atoms with E-state index in [0.717, 1.165) is 5.56 Å². The van der Waals surface area contributed by atoms with Crippen molar-refractivity contribution in [1.29, 1.82) is 0 Å². The van der Waals surface area contributed by atoms with E-state index in [1.165, 1.54) is 25.3 Å². The van der Waals surface area contributed by atoms with Crippen molar-refractivity contribution in [3.8, 4) is 0 Å². The standard InChI is InChI=1S/C15H22BrFN2/c1-15(2)6-5-11(8-15)19-14(9-18)10-3-4-13(17)12(16)7-10/h3-4,7,11,14,19H,5-6,8-9,18H2,1-2H3. The number of nitrogens with two attached hydrogens (primary N) is 1. The van der Waals surface area contributed by atoms with E-state index < -0.39 is 0 Å². The average Bonchev–Trinajstić information content (AvgIpc) is 2.69. The first-order valence-corrected chi connectivity index (χ1v) is 7.62. The van der Waals surface area contributed by atoms with E-state index in [0.29, 0.717) is 22.5 Å². The van der Waals surface area contributed by atoms with Crippen LogP contribution in [0.25, 0.3) is 0 Å². The normalized spacial score (nSPS) is 23.5. The second-order valence-corrected chi connectivity index (χ2v) is 7.09. The molecule has 106 valence electrons. The van der Waals surface area contributed by atoms with Crippen molar-refractivity contribution in [3.05, 3.63) is 34.1 Å². The molecule has 4 heteroatoms. The Kier molecular flexibility index (Phi) is 4.64. The van der Waals surface area contributed by atoms with Crippen molar-refractivity contribution in [2.24, 2.45) is 11.1 Å². The molecular weight excluding hydrogens is 307 g/mol. The van der Waals surface area contributed by atoms with Crippen LogP contribution < -0.4 is 11.1 Å². The predicted octanol–water partition coefficient (Wildman–Crippen LogP) is 3.76. The van der Waals surface area contributed by atoms with Crippen LogP contribution in [0, 0.1) is 11.2 Å². The van der Waals surface area contributed by atoms with Gasteiger partial charge in [-0.25, -0.2) is 4.39 Å². The van der Waals surface area contributed by atoms with Gasteiger partial charge in [-0.2, -0.15) is 0 Å². The number of hydrogen-bond acceptors (Lipinski definition) is 2. The van der Waals surface area contributed by atoms with Gasteiger partial charge in [0.15, 0.2) is 0 Å². The molecule has 0 amide bonds. The van der Waals surface area contributed by atoms with Gasteiger partial charge in [0.2, 0.25) is 0 Å². The largest absolute Gasteiger partial charge is 0.329 e. The monoisotopic (exact) mass is 328 g/mol. The third-order valence-electron chi connectivity index (χ3n) is 3.99. The minimum absolute atomic E-state index is 0.0933. The van der Waals surface area contributed by atoms with Crippen LogP contribution >= 0.6 is 15.9 Å². The first-order chi connectivity index (χ1) is 8.91. The fraction of sp³-hybridized carbons (Fsp3) is 0.600. The first-order valence-electron chi connectivity index (χ1n) is 6.82. The highest BCUT2D eigenvalue weighted by Gasteiger charge is 2.31. The summed E-state index contributed by atoms with van der Waals surface area (Å²) in [5, 5.41) is 3.62. The van der Waals surface area contributed by atoms with Crippen LogP contribution in [-0.4, -0.2) is 12.6 Å². The predicted molar refractivity (Wildman–Crippen MR) is 80.5 cm³/mol. The van der Waals surface area contributed by atoms with E-state index in [1.54, 1.807) is 0 Å². The quantitative estimate of drug-likeness (QED) is 0.883. The van der Waals surface area contributed by atoms with Crippen molar-refractivity contribution in [1.82, 2.24) is 5.32 Å². The minimum atomic E-state index is -0.235. The molecule has 3 N–H and O–H groups in total. The Balaban J connectivity index is 2.06. The van der Waals surface area contributed by atoms with E-state index in [2.05, 4.69) is 35.1 Å². The zero-order valence-electron chi connectivity index (χ0n) is 11.5. The number of hydrogen-bond donors (Lipinski definition) is 2. The topological polar surface area (TPSA) is 38.0 Å². The molecule has 0 saturated heterocycles. The number of rotatable bonds is 4. The van der Waals surface area contributed by atoms with Crippen molar-refractivity contribution in [2.45, 2.75) is 45.2 Å². The van der Waals surface area contributed by atoms with E-state index in [1.807, 2.05) is 12.1 Å². The Labute approximate surface area is 123 Å². The Bertz CT molecular complexity index is 448. The van der Waals surface area contributed by atoms with Crippen LogP contribution in [0.4, 0.5) is 4.39 Å². The minimum Gasteiger partial charge on any atom is -0.329 e. The average molecular weight is 329 g/mol. The van der Waals surface area contributed by atoms with Crippen molar-refractivity contribution < 1.29 is 4.39 Å². The molecule has 0 heterocycles. The molecule has 0 bridgehead atoms. The van der Waals surface area contributed by atoms with Gasteiger partial charge < -0.3 is 11.1 Å². The highest BCUT2D eigenvalue weighted by molar-refractivity contribution is 9.10. The van der Waals surface area contributed by atoms with Gasteiger partial charge in [0.25, 0.3) is 0 Å². The number of nitrogens with one attached hydrogen (secondary N) is 1. The van der Waals surface area contributed by atoms with Crippen LogP contribution in [0.1, 0.15) is 44.7 Å². The highest BCUT2D eigenvalue weighted by atomic mass is 79.9. The van der Waals surface area contributed by atoms with Gasteiger partial charge in [-0.05, 0) is 58.3 Å². The summed E-state index contributed by atoms with van der Waals surface area (Å²) in [7, 11) is 0. The lowest BCUT2D eigenvalue weighted by Gasteiger charge is -2.24. The zero-order valence-corrected chi connectivity index (χ0v) is 13.1. The van der Waals surface area contributed by atoms with Crippen LogP contribution in [0.5, 0.6) is 0 Å². The Morgan fingerprint density at radius 1 is 1.53 bits per heavy atom. The summed E-state index contributed by atoms with van der Waals surface area (Å²) in [6.45, 7) is 5.14. The van der Waals surface area contributed by atoms with E-state index in [9.17, 15) is 4.39 Å². The van der Waals surface area contributed by atoms with Gasteiger partial charge in [0.1, 0.15) is 5.82 Å². The first kappa shape index (κ1) is 14.9. The number of halogens is 2. The van der Waals surface area contributed by atoms with E-state index in [4.69, 9.17) is 5.73 Å². The maximum Gasteiger partial charge on any atom is 0.137 e. The molecule has 1 aliphatic rings. The molecule has 19 heavy (non-hydrogen) atoms. The molecule has 0 spiro atoms. The highest BCUT2D eigenvalue weighted by Crippen LogP contribution is 2.37. The van der Waals surface area contributed by atoms with Crippen molar-refractivity contribution in [2.75, 3.05) is 6.54 Å². The summed E-state index contributed by atoms with van der Waals surface area (Å²) < 4.78 is 13.8. The van der Waals surface area contributed by atoms with E-state index >= 15 is 0 Å². The summed E-state index contributed by atoms with van der Waals surface area (Å²) in [6.07, 6.45) is 3.60. The van der Waals surface area contributed by atoms with Crippen molar-refractivity contribution in [3.63, 3.8) is 0 Å². The molecular formula is C15H22BrFN2. The third kappa shape index (κ3) is 3.77. The molecule has 1 aromatic carbocycles. The maximum atomic E-state index is 13.3. The fourth-order valence-electron chi connectivity index (χ4n) is 2.89. The fourth-order valence-corrected chi connectivity index (χ4v) is 3.29. The summed E-state index contributed by atoms with van der Waals surface area (Å²) >= 11 is 3.23. The summed E-state index contributed by atoms with van der Waals surface area (Å²) in [5.74, 6) is -0.235. The summed E-state index contributed by atoms with van der Waals surface area (Å²) in [6, 6.07) is 5.72. The number of benzene rings is 1. The summed E-state index contributed by atoms with van der Waals surface area (Å²) in [5.41, 5.74) is 7.33. The summed E-state index contributed by atoms with van der Waals surface area (Å²) in [4.78, 5) is 0. The molecule has 0 aliphatic heterocycles. The van der Waals surface area contributed by atoms with Crippen LogP contribution in [-0.2, 0) is 0 Å². The van der Waals surface area contributed by atoms with Crippen molar-refractivity contribution >= 4 is 15.9 Å². The molecule has 1 aromatic rings. The second-order valence-electron chi connectivity index (χ2n) is 6.23. The molecule has 1 fully saturated rings. The van der Waals surface area contributed by atoms with Gasteiger partial charge in [-0.3, -0.25) is 0 Å². The molecule has 2 unspecified atom stereocenters. The smallest absolute Gasteiger partial charge is 0.137 e. The Hall–Kier alpha value is -0.450. The molecule has 2 rings (SSSR count).